The van der Waals surface area contributed by atoms with E-state index in [2.05, 4.69) is 30.2 Å². The van der Waals surface area contributed by atoms with Crippen molar-refractivity contribution < 1.29 is 4.48 Å². The summed E-state index contributed by atoms with van der Waals surface area (Å²) in [5, 5.41) is 4.65. The molecule has 1 fully saturated rings. The predicted octanol–water partition coefficient (Wildman–Crippen LogP) is 0.779. The molecule has 0 amide bonds. The molecule has 0 aromatic carbocycles. The topological polar surface area (TPSA) is 47.1 Å². The second kappa shape index (κ2) is 4.02. The predicted molar refractivity (Wildman–Crippen MR) is 74.3 cm³/mol. The number of piperazine rings is 1. The summed E-state index contributed by atoms with van der Waals surface area (Å²) >= 11 is 0. The molecule has 0 spiro atoms. The maximum absolute atomic E-state index is 6.26. The van der Waals surface area contributed by atoms with Gasteiger partial charge in [-0.25, -0.2) is 4.68 Å². The molecule has 2 N–H and O–H groups in total. The van der Waals surface area contributed by atoms with Crippen LogP contribution in [0.1, 0.15) is 12.1 Å². The number of hydrogen-bond acceptors (Lipinski definition) is 3. The first-order valence-corrected chi connectivity index (χ1v) is 6.67. The van der Waals surface area contributed by atoms with Crippen LogP contribution in [0.15, 0.2) is 6.08 Å². The van der Waals surface area contributed by atoms with Crippen molar-refractivity contribution >= 4 is 17.7 Å². The number of aromatic nitrogens is 2. The standard InChI is InChI=1S/C13H22N5/c1-18(2)9-7-16(8-10-18)13-12(14)11-5-3-4-6-17(11)15-13/h4,6H,3,5,7-10,14H2,1-2H3/q+1. The number of nitrogens with zero attached hydrogens (tertiary/aromatic N) is 4. The Morgan fingerprint density at radius 3 is 2.67 bits per heavy atom. The summed E-state index contributed by atoms with van der Waals surface area (Å²) in [5.41, 5.74) is 8.31. The van der Waals surface area contributed by atoms with Crippen molar-refractivity contribution in [2.45, 2.75) is 12.8 Å². The van der Waals surface area contributed by atoms with Gasteiger partial charge in [-0.1, -0.05) is 6.08 Å². The van der Waals surface area contributed by atoms with Crippen LogP contribution >= 0.6 is 0 Å². The Morgan fingerprint density at radius 2 is 2.00 bits per heavy atom. The molecule has 5 nitrogen and oxygen atoms in total. The van der Waals surface area contributed by atoms with Crippen LogP contribution in [0.25, 0.3) is 6.20 Å². The van der Waals surface area contributed by atoms with Crippen LogP contribution in [0.5, 0.6) is 0 Å². The number of nitrogens with two attached hydrogens (primary N) is 1. The third-order valence-electron chi connectivity index (χ3n) is 4.08. The average Bonchev–Trinajstić information content (AvgIpc) is 2.68. The fraction of sp³-hybridized carbons (Fsp3) is 0.615. The van der Waals surface area contributed by atoms with Crippen LogP contribution < -0.4 is 10.6 Å². The molecule has 0 atom stereocenters. The molecule has 0 unspecified atom stereocenters. The SMILES string of the molecule is C[N+]1(C)CCN(c2nn3c(c2N)CCC=C3)CC1. The van der Waals surface area contributed by atoms with E-state index in [0.29, 0.717) is 0 Å². The number of hydrogen-bond donors (Lipinski definition) is 1. The Balaban J connectivity index is 1.85. The number of nitrogen functional groups attached to an aromatic ring is 1. The fourth-order valence-electron chi connectivity index (χ4n) is 2.69. The van der Waals surface area contributed by atoms with E-state index in [1.807, 2.05) is 10.9 Å². The van der Waals surface area contributed by atoms with Crippen LogP contribution in [0.3, 0.4) is 0 Å². The Hall–Kier alpha value is -1.49. The zero-order chi connectivity index (χ0) is 12.8. The molecule has 0 bridgehead atoms. The lowest BCUT2D eigenvalue weighted by atomic mass is 10.1. The van der Waals surface area contributed by atoms with Crippen molar-refractivity contribution in [3.05, 3.63) is 11.8 Å². The van der Waals surface area contributed by atoms with E-state index in [-0.39, 0.29) is 0 Å². The molecule has 3 heterocycles. The van der Waals surface area contributed by atoms with Gasteiger partial charge in [0, 0.05) is 6.20 Å². The van der Waals surface area contributed by atoms with Gasteiger partial charge >= 0.3 is 0 Å². The smallest absolute Gasteiger partial charge is 0.175 e. The summed E-state index contributed by atoms with van der Waals surface area (Å²) < 4.78 is 3.03. The summed E-state index contributed by atoms with van der Waals surface area (Å²) in [5.74, 6) is 0.983. The summed E-state index contributed by atoms with van der Waals surface area (Å²) in [6.45, 7) is 4.38. The Bertz CT molecular complexity index is 476. The molecule has 2 aliphatic rings. The monoisotopic (exact) mass is 248 g/mol. The van der Waals surface area contributed by atoms with Gasteiger partial charge in [0.15, 0.2) is 5.82 Å². The van der Waals surface area contributed by atoms with E-state index in [9.17, 15) is 0 Å². The molecular weight excluding hydrogens is 226 g/mol. The summed E-state index contributed by atoms with van der Waals surface area (Å²) in [4.78, 5) is 2.33. The molecule has 1 aromatic heterocycles. The van der Waals surface area contributed by atoms with E-state index in [1.165, 1.54) is 5.69 Å². The highest BCUT2D eigenvalue weighted by Gasteiger charge is 2.28. The Kier molecular flexibility index (Phi) is 2.59. The molecule has 0 saturated carbocycles. The van der Waals surface area contributed by atoms with Crippen molar-refractivity contribution in [2.75, 3.05) is 50.9 Å². The summed E-state index contributed by atoms with van der Waals surface area (Å²) in [6.07, 6.45) is 6.26. The highest BCUT2D eigenvalue weighted by Crippen LogP contribution is 2.30. The van der Waals surface area contributed by atoms with Crippen LogP contribution in [0.4, 0.5) is 11.5 Å². The van der Waals surface area contributed by atoms with Gasteiger partial charge in [-0.3, -0.25) is 0 Å². The molecule has 18 heavy (non-hydrogen) atoms. The lowest BCUT2D eigenvalue weighted by Crippen LogP contribution is -2.55. The first kappa shape index (κ1) is 11.6. The number of anilines is 2. The largest absolute Gasteiger partial charge is 0.394 e. The molecule has 1 aromatic rings. The first-order chi connectivity index (χ1) is 8.57. The van der Waals surface area contributed by atoms with Gasteiger partial charge in [0.25, 0.3) is 0 Å². The van der Waals surface area contributed by atoms with Crippen molar-refractivity contribution in [2.24, 2.45) is 0 Å². The average molecular weight is 248 g/mol. The van der Waals surface area contributed by atoms with Gasteiger partial charge in [-0.15, -0.1) is 5.10 Å². The molecule has 0 radical (unpaired) electrons. The van der Waals surface area contributed by atoms with E-state index in [4.69, 9.17) is 5.73 Å². The normalized spacial score (nSPS) is 22.0. The number of likely N-dealkylation sites (N-methyl/N-ethyl adjacent to an activating group) is 1. The highest BCUT2D eigenvalue weighted by molar-refractivity contribution is 5.68. The van der Waals surface area contributed by atoms with Crippen LogP contribution in [-0.4, -0.2) is 54.5 Å². The van der Waals surface area contributed by atoms with Crippen molar-refractivity contribution in [1.29, 1.82) is 0 Å². The maximum atomic E-state index is 6.26. The van der Waals surface area contributed by atoms with Gasteiger partial charge in [-0.05, 0) is 12.8 Å². The second-order valence-electron chi connectivity index (χ2n) is 5.92. The van der Waals surface area contributed by atoms with Crippen LogP contribution in [0.2, 0.25) is 0 Å². The van der Waals surface area contributed by atoms with E-state index < -0.39 is 0 Å². The molecule has 98 valence electrons. The number of allylic oxidation sites excluding steroid dienone is 1. The second-order valence-corrected chi connectivity index (χ2v) is 5.92. The number of quaternary nitrogens is 1. The maximum Gasteiger partial charge on any atom is 0.175 e. The quantitative estimate of drug-likeness (QED) is 0.747. The summed E-state index contributed by atoms with van der Waals surface area (Å²) in [6, 6.07) is 0. The van der Waals surface area contributed by atoms with Crippen molar-refractivity contribution in [1.82, 2.24) is 9.78 Å². The lowest BCUT2D eigenvalue weighted by molar-refractivity contribution is -0.890. The zero-order valence-corrected chi connectivity index (χ0v) is 11.3. The van der Waals surface area contributed by atoms with Gasteiger partial charge in [0.2, 0.25) is 0 Å². The molecule has 0 aliphatic carbocycles. The van der Waals surface area contributed by atoms with Crippen LogP contribution in [0, 0.1) is 0 Å². The lowest BCUT2D eigenvalue weighted by Gasteiger charge is -2.39. The van der Waals surface area contributed by atoms with E-state index in [1.54, 1.807) is 0 Å². The Labute approximate surface area is 108 Å². The minimum Gasteiger partial charge on any atom is -0.394 e. The van der Waals surface area contributed by atoms with Crippen molar-refractivity contribution in [3.63, 3.8) is 0 Å². The molecule has 1 saturated heterocycles. The first-order valence-electron chi connectivity index (χ1n) is 6.67. The fourth-order valence-corrected chi connectivity index (χ4v) is 2.69. The zero-order valence-electron chi connectivity index (χ0n) is 11.3. The summed E-state index contributed by atoms with van der Waals surface area (Å²) in [7, 11) is 4.56. The van der Waals surface area contributed by atoms with Gasteiger partial charge in [0.1, 0.15) is 0 Å². The molecule has 2 aliphatic heterocycles. The van der Waals surface area contributed by atoms with Crippen LogP contribution in [-0.2, 0) is 6.42 Å². The third-order valence-corrected chi connectivity index (χ3v) is 4.08. The van der Waals surface area contributed by atoms with E-state index >= 15 is 0 Å². The van der Waals surface area contributed by atoms with Gasteiger partial charge in [0.05, 0.1) is 51.7 Å². The van der Waals surface area contributed by atoms with E-state index in [0.717, 1.165) is 55.0 Å². The number of rotatable bonds is 1. The molecule has 3 rings (SSSR count). The highest BCUT2D eigenvalue weighted by atomic mass is 15.4. The minimum atomic E-state index is 0.881. The van der Waals surface area contributed by atoms with Gasteiger partial charge in [-0.2, -0.15) is 0 Å². The van der Waals surface area contributed by atoms with Crippen molar-refractivity contribution in [3.8, 4) is 0 Å². The number of fused-ring (bicyclic) bond motifs is 1. The van der Waals surface area contributed by atoms with Gasteiger partial charge < -0.3 is 15.1 Å². The molecule has 5 heteroatoms. The third kappa shape index (κ3) is 1.88. The Morgan fingerprint density at radius 1 is 1.28 bits per heavy atom. The molecular formula is C13H22N5+. The minimum absolute atomic E-state index is 0.881.